The van der Waals surface area contributed by atoms with E-state index in [1.807, 2.05) is 12.1 Å². The molecular weight excluding hydrogens is 374 g/mol. The summed E-state index contributed by atoms with van der Waals surface area (Å²) in [6.07, 6.45) is 0. The Morgan fingerprint density at radius 2 is 1.54 bits per heavy atom. The van der Waals surface area contributed by atoms with Gasteiger partial charge in [-0.25, -0.2) is 13.6 Å². The maximum absolute atomic E-state index is 12.7. The van der Waals surface area contributed by atoms with Crippen molar-refractivity contribution in [2.45, 2.75) is 11.4 Å². The topological polar surface area (TPSA) is 113 Å². The quantitative estimate of drug-likeness (QED) is 0.696. The van der Waals surface area contributed by atoms with Gasteiger partial charge in [0.1, 0.15) is 0 Å². The second kappa shape index (κ2) is 8.05. The molecule has 0 fully saturated rings. The first-order chi connectivity index (χ1) is 13.4. The summed E-state index contributed by atoms with van der Waals surface area (Å²) in [5, 5.41) is 17.2. The number of carbonyl (C=O) groups excluding carboxylic acids is 1. The summed E-state index contributed by atoms with van der Waals surface area (Å²) >= 11 is 0. The summed E-state index contributed by atoms with van der Waals surface area (Å²) in [7, 11) is -3.75. The van der Waals surface area contributed by atoms with Gasteiger partial charge in [-0.2, -0.15) is 5.26 Å². The van der Waals surface area contributed by atoms with E-state index in [1.54, 1.807) is 48.5 Å². The van der Waals surface area contributed by atoms with Crippen molar-refractivity contribution in [3.63, 3.8) is 0 Å². The molecule has 3 rings (SSSR count). The third-order valence-electron chi connectivity index (χ3n) is 4.21. The van der Waals surface area contributed by atoms with Crippen molar-refractivity contribution < 1.29 is 13.2 Å². The average Bonchev–Trinajstić information content (AvgIpc) is 2.71. The number of nitrogens with two attached hydrogens (primary N) is 1. The van der Waals surface area contributed by atoms with Gasteiger partial charge < -0.3 is 5.32 Å². The summed E-state index contributed by atoms with van der Waals surface area (Å²) in [6.45, 7) is 0.220. The molecule has 1 amide bonds. The molecule has 0 aliphatic carbocycles. The summed E-state index contributed by atoms with van der Waals surface area (Å²) in [4.78, 5) is 12.7. The lowest BCUT2D eigenvalue weighted by Gasteiger charge is -2.12. The molecule has 0 heterocycles. The fraction of sp³-hybridized carbons (Fsp3) is 0.0476. The molecule has 3 aromatic carbocycles. The molecule has 0 saturated carbocycles. The first-order valence-electron chi connectivity index (χ1n) is 8.38. The maximum atomic E-state index is 12.7. The Labute approximate surface area is 163 Å². The summed E-state index contributed by atoms with van der Waals surface area (Å²) in [5.41, 5.74) is 3.03. The van der Waals surface area contributed by atoms with Crippen LogP contribution < -0.4 is 10.5 Å². The van der Waals surface area contributed by atoms with Crippen LogP contribution >= 0.6 is 0 Å². The normalized spacial score (nSPS) is 10.9. The smallest absolute Gasteiger partial charge is 0.252 e. The molecule has 3 N–H and O–H groups in total. The van der Waals surface area contributed by atoms with Gasteiger partial charge in [-0.3, -0.25) is 4.79 Å². The van der Waals surface area contributed by atoms with Crippen LogP contribution in [0.2, 0.25) is 0 Å². The van der Waals surface area contributed by atoms with Crippen LogP contribution in [0.5, 0.6) is 0 Å². The summed E-state index contributed by atoms with van der Waals surface area (Å²) in [5.74, 6) is -0.293. The SMILES string of the molecule is N#Cc1ccccc1-c1ccccc1C(=O)NCc1ccc(S(N)(=O)=O)cc1. The Morgan fingerprint density at radius 3 is 2.18 bits per heavy atom. The molecular formula is C21H17N3O3S. The molecule has 0 atom stereocenters. The van der Waals surface area contributed by atoms with Crippen molar-refractivity contribution in [2.75, 3.05) is 0 Å². The van der Waals surface area contributed by atoms with E-state index in [0.29, 0.717) is 22.3 Å². The molecule has 140 valence electrons. The monoisotopic (exact) mass is 391 g/mol. The minimum atomic E-state index is -3.75. The molecule has 0 aliphatic rings. The van der Waals surface area contributed by atoms with E-state index in [9.17, 15) is 18.5 Å². The fourth-order valence-corrected chi connectivity index (χ4v) is 3.32. The maximum Gasteiger partial charge on any atom is 0.252 e. The number of hydrogen-bond donors (Lipinski definition) is 2. The van der Waals surface area contributed by atoms with Gasteiger partial charge >= 0.3 is 0 Å². The zero-order valence-electron chi connectivity index (χ0n) is 14.8. The van der Waals surface area contributed by atoms with Crippen LogP contribution in [0.15, 0.2) is 77.7 Å². The largest absolute Gasteiger partial charge is 0.348 e. The zero-order valence-corrected chi connectivity index (χ0v) is 15.6. The highest BCUT2D eigenvalue weighted by molar-refractivity contribution is 7.89. The van der Waals surface area contributed by atoms with Gasteiger partial charge in [-0.1, -0.05) is 48.5 Å². The Balaban J connectivity index is 1.82. The predicted molar refractivity (Wildman–Crippen MR) is 106 cm³/mol. The van der Waals surface area contributed by atoms with Crippen molar-refractivity contribution >= 4 is 15.9 Å². The van der Waals surface area contributed by atoms with Gasteiger partial charge in [0.15, 0.2) is 0 Å². The van der Waals surface area contributed by atoms with Crippen LogP contribution in [0.25, 0.3) is 11.1 Å². The van der Waals surface area contributed by atoms with Crippen LogP contribution in [0, 0.1) is 11.3 Å². The third-order valence-corrected chi connectivity index (χ3v) is 5.14. The Morgan fingerprint density at radius 1 is 0.929 bits per heavy atom. The van der Waals surface area contributed by atoms with E-state index in [-0.39, 0.29) is 17.3 Å². The average molecular weight is 391 g/mol. The van der Waals surface area contributed by atoms with Crippen molar-refractivity contribution in [3.05, 3.63) is 89.5 Å². The predicted octanol–water partition coefficient (Wildman–Crippen LogP) is 2.80. The van der Waals surface area contributed by atoms with Crippen molar-refractivity contribution in [2.24, 2.45) is 5.14 Å². The molecule has 7 heteroatoms. The zero-order chi connectivity index (χ0) is 20.1. The lowest BCUT2D eigenvalue weighted by Crippen LogP contribution is -2.23. The van der Waals surface area contributed by atoms with Gasteiger partial charge in [0.2, 0.25) is 10.0 Å². The lowest BCUT2D eigenvalue weighted by atomic mass is 9.95. The number of nitrogens with one attached hydrogen (secondary N) is 1. The van der Waals surface area contributed by atoms with Crippen molar-refractivity contribution in [1.29, 1.82) is 5.26 Å². The lowest BCUT2D eigenvalue weighted by molar-refractivity contribution is 0.0951. The summed E-state index contributed by atoms with van der Waals surface area (Å²) < 4.78 is 22.6. The number of hydrogen-bond acceptors (Lipinski definition) is 4. The van der Waals surface area contributed by atoms with E-state index in [4.69, 9.17) is 5.14 Å². The van der Waals surface area contributed by atoms with Gasteiger partial charge in [0.05, 0.1) is 16.5 Å². The van der Waals surface area contributed by atoms with Gasteiger partial charge in [0.25, 0.3) is 5.91 Å². The van der Waals surface area contributed by atoms with Gasteiger partial charge in [-0.05, 0) is 35.4 Å². The first kappa shape index (κ1) is 19.3. The highest BCUT2D eigenvalue weighted by Gasteiger charge is 2.14. The number of benzene rings is 3. The van der Waals surface area contributed by atoms with Crippen molar-refractivity contribution in [3.8, 4) is 17.2 Å². The van der Waals surface area contributed by atoms with E-state index >= 15 is 0 Å². The third kappa shape index (κ3) is 4.26. The van der Waals surface area contributed by atoms with Crippen LogP contribution in [-0.4, -0.2) is 14.3 Å². The molecule has 6 nitrogen and oxygen atoms in total. The Bertz CT molecular complexity index is 1160. The molecule has 0 unspecified atom stereocenters. The first-order valence-corrected chi connectivity index (χ1v) is 9.93. The molecule has 0 saturated heterocycles. The van der Waals surface area contributed by atoms with Crippen molar-refractivity contribution in [1.82, 2.24) is 5.32 Å². The molecule has 0 radical (unpaired) electrons. The van der Waals surface area contributed by atoms with Crippen LogP contribution in [-0.2, 0) is 16.6 Å². The fourth-order valence-electron chi connectivity index (χ4n) is 2.81. The van der Waals surface area contributed by atoms with E-state index in [0.717, 1.165) is 5.56 Å². The van der Waals surface area contributed by atoms with E-state index in [1.165, 1.54) is 12.1 Å². The highest BCUT2D eigenvalue weighted by atomic mass is 32.2. The molecule has 0 bridgehead atoms. The van der Waals surface area contributed by atoms with Crippen LogP contribution in [0.3, 0.4) is 0 Å². The summed E-state index contributed by atoms with van der Waals surface area (Å²) in [6, 6.07) is 22.3. The number of nitriles is 1. The Hall–Kier alpha value is -3.47. The number of primary sulfonamides is 1. The molecule has 28 heavy (non-hydrogen) atoms. The number of rotatable bonds is 5. The standard InChI is InChI=1S/C21H17N3O3S/c22-13-16-5-1-2-6-18(16)19-7-3-4-8-20(19)21(25)24-14-15-9-11-17(12-10-15)28(23,26)27/h1-12H,14H2,(H,24,25)(H2,23,26,27). The minimum absolute atomic E-state index is 0.0148. The molecule has 0 spiro atoms. The van der Waals surface area contributed by atoms with Crippen LogP contribution in [0.4, 0.5) is 0 Å². The second-order valence-corrected chi connectivity index (χ2v) is 7.64. The molecule has 3 aromatic rings. The van der Waals surface area contributed by atoms with Crippen LogP contribution in [0.1, 0.15) is 21.5 Å². The number of carbonyl (C=O) groups is 1. The van der Waals surface area contributed by atoms with Gasteiger partial charge in [-0.15, -0.1) is 0 Å². The number of sulfonamides is 1. The molecule has 0 aromatic heterocycles. The number of amides is 1. The minimum Gasteiger partial charge on any atom is -0.348 e. The number of nitrogens with zero attached hydrogens (tertiary/aromatic N) is 1. The molecule has 0 aliphatic heterocycles. The second-order valence-electron chi connectivity index (χ2n) is 6.07. The highest BCUT2D eigenvalue weighted by Crippen LogP contribution is 2.26. The van der Waals surface area contributed by atoms with Gasteiger partial charge in [0, 0.05) is 17.7 Å². The van der Waals surface area contributed by atoms with E-state index < -0.39 is 10.0 Å². The van der Waals surface area contributed by atoms with E-state index in [2.05, 4.69) is 11.4 Å². The Kier molecular flexibility index (Phi) is 5.54.